The maximum Gasteiger partial charge on any atom is 0.0630 e. The van der Waals surface area contributed by atoms with E-state index in [9.17, 15) is 0 Å². The van der Waals surface area contributed by atoms with E-state index in [1.54, 1.807) is 36.4 Å². The monoisotopic (exact) mass is 235 g/mol. The molecule has 0 amide bonds. The van der Waals surface area contributed by atoms with Crippen LogP contribution in [0.1, 0.15) is 4.11 Å². The summed E-state index contributed by atoms with van der Waals surface area (Å²) < 4.78 is 23.8. The molecular weight excluding hydrogens is 224 g/mol. The molecular formula is C12H9Br. The van der Waals surface area contributed by atoms with E-state index in [4.69, 9.17) is 4.11 Å². The first kappa shape index (κ1) is 5.61. The molecule has 0 aliphatic rings. The third kappa shape index (κ3) is 1.99. The van der Waals surface area contributed by atoms with E-state index in [2.05, 4.69) is 15.9 Å². The molecule has 0 aromatic heterocycles. The Morgan fingerprint density at radius 3 is 2.15 bits per heavy atom. The molecule has 0 heterocycles. The Kier molecular flexibility index (Phi) is 1.62. The van der Waals surface area contributed by atoms with Gasteiger partial charge in [0.1, 0.15) is 0 Å². The van der Waals surface area contributed by atoms with Crippen LogP contribution in [0.5, 0.6) is 0 Å². The van der Waals surface area contributed by atoms with Crippen LogP contribution in [0.3, 0.4) is 0 Å². The van der Waals surface area contributed by atoms with Gasteiger partial charge in [0.2, 0.25) is 0 Å². The molecule has 2 aromatic carbocycles. The standard InChI is InChI=1S/C12H9Br/c13-12-8-6-11(7-9-12)10-4-2-1-3-5-10/h1-9H/i1D,6D,7D. The zero-order valence-electron chi connectivity index (χ0n) is 9.84. The summed E-state index contributed by atoms with van der Waals surface area (Å²) in [7, 11) is 0. The highest BCUT2D eigenvalue weighted by Crippen LogP contribution is 2.20. The van der Waals surface area contributed by atoms with Crippen molar-refractivity contribution in [3.63, 3.8) is 0 Å². The predicted octanol–water partition coefficient (Wildman–Crippen LogP) is 4.12. The first-order valence-electron chi connectivity index (χ1n) is 5.42. The van der Waals surface area contributed by atoms with Gasteiger partial charge in [-0.15, -0.1) is 0 Å². The third-order valence-electron chi connectivity index (χ3n) is 1.72. The van der Waals surface area contributed by atoms with Gasteiger partial charge in [0.05, 0.1) is 4.11 Å². The maximum absolute atomic E-state index is 7.85. The molecule has 0 spiro atoms. The van der Waals surface area contributed by atoms with E-state index in [1.807, 2.05) is 0 Å². The normalized spacial score (nSPS) is 13.2. The van der Waals surface area contributed by atoms with Crippen molar-refractivity contribution < 1.29 is 4.11 Å². The lowest BCUT2D eigenvalue weighted by atomic mass is 10.1. The SMILES string of the molecule is [2H]c1ccc(-c2c([2H])cc(Br)cc2[2H])cc1. The van der Waals surface area contributed by atoms with E-state index < -0.39 is 0 Å². The van der Waals surface area contributed by atoms with E-state index in [0.29, 0.717) is 23.7 Å². The van der Waals surface area contributed by atoms with Gasteiger partial charge in [-0.05, 0) is 23.3 Å². The Bertz CT molecular complexity index is 497. The highest BCUT2D eigenvalue weighted by Gasteiger charge is 1.94. The van der Waals surface area contributed by atoms with E-state index in [1.165, 1.54) is 0 Å². The Morgan fingerprint density at radius 1 is 0.923 bits per heavy atom. The molecule has 2 rings (SSSR count). The van der Waals surface area contributed by atoms with E-state index in [0.717, 1.165) is 10.0 Å². The molecule has 0 atom stereocenters. The van der Waals surface area contributed by atoms with Gasteiger partial charge in [0.15, 0.2) is 0 Å². The van der Waals surface area contributed by atoms with Crippen LogP contribution in [0, 0.1) is 0 Å². The first-order valence-corrected chi connectivity index (χ1v) is 4.71. The van der Waals surface area contributed by atoms with Gasteiger partial charge in [-0.3, -0.25) is 0 Å². The summed E-state index contributed by atoms with van der Waals surface area (Å²) in [5, 5.41) is 0. The molecule has 64 valence electrons. The van der Waals surface area contributed by atoms with Crippen molar-refractivity contribution in [3.8, 4) is 11.1 Å². The molecule has 0 bridgehead atoms. The van der Waals surface area contributed by atoms with Crippen LogP contribution in [-0.4, -0.2) is 0 Å². The van der Waals surface area contributed by atoms with Crippen LogP contribution in [0.25, 0.3) is 11.1 Å². The lowest BCUT2D eigenvalue weighted by Gasteiger charge is -2.00. The molecule has 0 N–H and O–H groups in total. The average molecular weight is 236 g/mol. The number of benzene rings is 2. The van der Waals surface area contributed by atoms with Crippen molar-refractivity contribution in [3.05, 3.63) is 59.0 Å². The number of rotatable bonds is 1. The van der Waals surface area contributed by atoms with Crippen LogP contribution in [0.4, 0.5) is 0 Å². The van der Waals surface area contributed by atoms with Gasteiger partial charge < -0.3 is 0 Å². The van der Waals surface area contributed by atoms with Crippen molar-refractivity contribution in [2.45, 2.75) is 0 Å². The van der Waals surface area contributed by atoms with Crippen LogP contribution >= 0.6 is 15.9 Å². The summed E-state index contributed by atoms with van der Waals surface area (Å²) in [6.45, 7) is 0. The first-order chi connectivity index (χ1) is 7.58. The Labute approximate surface area is 90.6 Å². The van der Waals surface area contributed by atoms with E-state index in [-0.39, 0.29) is 0 Å². The van der Waals surface area contributed by atoms with Crippen molar-refractivity contribution in [2.24, 2.45) is 0 Å². The minimum Gasteiger partial charge on any atom is -0.0622 e. The highest BCUT2D eigenvalue weighted by atomic mass is 79.9. The Hall–Kier alpha value is -1.08. The molecule has 13 heavy (non-hydrogen) atoms. The predicted molar refractivity (Wildman–Crippen MR) is 59.6 cm³/mol. The lowest BCUT2D eigenvalue weighted by molar-refractivity contribution is 1.59. The number of hydrogen-bond acceptors (Lipinski definition) is 0. The summed E-state index contributed by atoms with van der Waals surface area (Å²) in [6.07, 6.45) is 0. The zero-order valence-corrected chi connectivity index (χ0v) is 8.43. The second-order valence-electron chi connectivity index (χ2n) is 2.63. The van der Waals surface area contributed by atoms with Gasteiger partial charge in [0.25, 0.3) is 0 Å². The fourth-order valence-electron chi connectivity index (χ4n) is 1.09. The van der Waals surface area contributed by atoms with Gasteiger partial charge >= 0.3 is 0 Å². The molecule has 0 saturated carbocycles. The van der Waals surface area contributed by atoms with Gasteiger partial charge in [-0.1, -0.05) is 58.3 Å². The second-order valence-corrected chi connectivity index (χ2v) is 3.54. The van der Waals surface area contributed by atoms with Crippen molar-refractivity contribution in [1.82, 2.24) is 0 Å². The van der Waals surface area contributed by atoms with Gasteiger partial charge in [-0.25, -0.2) is 0 Å². The lowest BCUT2D eigenvalue weighted by Crippen LogP contribution is -1.75. The summed E-state index contributed by atoms with van der Waals surface area (Å²) >= 11 is 3.26. The molecule has 0 nitrogen and oxygen atoms in total. The zero-order chi connectivity index (χ0) is 11.7. The fraction of sp³-hybridized carbons (Fsp3) is 0. The minimum atomic E-state index is 0.317. The molecule has 0 saturated heterocycles. The number of hydrogen-bond donors (Lipinski definition) is 0. The molecule has 1 heteroatoms. The maximum atomic E-state index is 7.85. The Morgan fingerprint density at radius 2 is 1.54 bits per heavy atom. The van der Waals surface area contributed by atoms with E-state index >= 15 is 0 Å². The van der Waals surface area contributed by atoms with Crippen molar-refractivity contribution >= 4 is 15.9 Å². The second kappa shape index (κ2) is 3.75. The van der Waals surface area contributed by atoms with Crippen LogP contribution in [-0.2, 0) is 0 Å². The molecule has 2 aromatic rings. The van der Waals surface area contributed by atoms with Gasteiger partial charge in [-0.2, -0.15) is 0 Å². The molecule has 0 radical (unpaired) electrons. The van der Waals surface area contributed by atoms with Crippen LogP contribution in [0.15, 0.2) is 59.0 Å². The topological polar surface area (TPSA) is 0 Å². The molecule has 0 aliphatic heterocycles. The summed E-state index contributed by atoms with van der Waals surface area (Å²) in [4.78, 5) is 0. The Balaban J connectivity index is 2.60. The van der Waals surface area contributed by atoms with Crippen LogP contribution in [0.2, 0.25) is 0 Å². The molecule has 0 unspecified atom stereocenters. The third-order valence-corrected chi connectivity index (χ3v) is 2.17. The van der Waals surface area contributed by atoms with Crippen LogP contribution < -0.4 is 0 Å². The smallest absolute Gasteiger partial charge is 0.0622 e. The average Bonchev–Trinajstić information content (AvgIpc) is 2.19. The quantitative estimate of drug-likeness (QED) is 0.698. The minimum absolute atomic E-state index is 0.317. The van der Waals surface area contributed by atoms with Gasteiger partial charge in [0, 0.05) is 4.47 Å². The largest absolute Gasteiger partial charge is 0.0630 e. The van der Waals surface area contributed by atoms with Crippen molar-refractivity contribution in [2.75, 3.05) is 0 Å². The summed E-state index contributed by atoms with van der Waals surface area (Å²) in [6, 6.07) is 11.3. The van der Waals surface area contributed by atoms with Crippen molar-refractivity contribution in [1.29, 1.82) is 0 Å². The summed E-state index contributed by atoms with van der Waals surface area (Å²) in [5.74, 6) is 0. The molecule has 0 fully saturated rings. The fourth-order valence-corrected chi connectivity index (χ4v) is 1.31. The summed E-state index contributed by atoms with van der Waals surface area (Å²) in [5.41, 5.74) is 1.40. The number of halogens is 1. The highest BCUT2D eigenvalue weighted by molar-refractivity contribution is 9.10. The molecule has 0 aliphatic carbocycles.